The summed E-state index contributed by atoms with van der Waals surface area (Å²) in [4.78, 5) is 46.8. The van der Waals surface area contributed by atoms with Gasteiger partial charge in [-0.1, -0.05) is 30.3 Å². The number of carbonyl (C=O) groups is 3. The highest BCUT2D eigenvalue weighted by Gasteiger charge is 2.70. The molecule has 3 amide bonds. The number of amides is 3. The van der Waals surface area contributed by atoms with Crippen LogP contribution in [0.25, 0.3) is 10.9 Å². The molecule has 3 aromatic carbocycles. The number of fused-ring (bicyclic) bond motifs is 5. The van der Waals surface area contributed by atoms with Crippen LogP contribution in [0.4, 0.5) is 11.4 Å². The molecule has 0 aliphatic carbocycles. The number of aromatic nitrogens is 1. The summed E-state index contributed by atoms with van der Waals surface area (Å²) < 4.78 is 5.27. The number of aryl methyl sites for hydroxylation is 1. The van der Waals surface area contributed by atoms with Crippen molar-refractivity contribution in [1.82, 2.24) is 10.3 Å². The minimum absolute atomic E-state index is 0.291. The quantitative estimate of drug-likeness (QED) is 0.354. The number of nitrogens with one attached hydrogen (secondary N) is 3. The van der Waals surface area contributed by atoms with Crippen LogP contribution < -0.4 is 20.3 Å². The summed E-state index contributed by atoms with van der Waals surface area (Å²) >= 11 is 0. The molecule has 8 nitrogen and oxygen atoms in total. The van der Waals surface area contributed by atoms with Crippen LogP contribution >= 0.6 is 0 Å². The Morgan fingerprint density at radius 2 is 1.72 bits per heavy atom. The van der Waals surface area contributed by atoms with Gasteiger partial charge in [-0.2, -0.15) is 0 Å². The molecule has 8 heteroatoms. The molecule has 1 spiro atoms. The molecule has 0 radical (unpaired) electrons. The van der Waals surface area contributed by atoms with Crippen molar-refractivity contribution < 1.29 is 19.1 Å². The van der Waals surface area contributed by atoms with Gasteiger partial charge >= 0.3 is 0 Å². The predicted molar refractivity (Wildman–Crippen MR) is 148 cm³/mol. The summed E-state index contributed by atoms with van der Waals surface area (Å²) in [7, 11) is 1.57. The van der Waals surface area contributed by atoms with E-state index < -0.39 is 23.4 Å². The van der Waals surface area contributed by atoms with Crippen molar-refractivity contribution in [2.45, 2.75) is 31.8 Å². The minimum atomic E-state index is -1.34. The first-order valence-electron chi connectivity index (χ1n) is 13.1. The molecule has 2 fully saturated rings. The first-order chi connectivity index (χ1) is 18.8. The predicted octanol–water partition coefficient (Wildman–Crippen LogP) is 3.96. The highest BCUT2D eigenvalue weighted by atomic mass is 16.5. The van der Waals surface area contributed by atoms with E-state index in [-0.39, 0.29) is 17.7 Å². The normalized spacial score (nSPS) is 25.5. The number of methoxy groups -OCH3 is 1. The van der Waals surface area contributed by atoms with Gasteiger partial charge in [0.05, 0.1) is 24.6 Å². The molecular weight excluding hydrogens is 492 g/mol. The Morgan fingerprint density at radius 1 is 0.949 bits per heavy atom. The van der Waals surface area contributed by atoms with Gasteiger partial charge in [0.1, 0.15) is 11.3 Å². The zero-order valence-corrected chi connectivity index (χ0v) is 21.9. The largest absolute Gasteiger partial charge is 0.497 e. The number of imide groups is 1. The monoisotopic (exact) mass is 520 g/mol. The maximum Gasteiger partial charge on any atom is 0.250 e. The molecule has 4 aromatic rings. The summed E-state index contributed by atoms with van der Waals surface area (Å²) in [6, 6.07) is 18.3. The second-order valence-electron chi connectivity index (χ2n) is 10.7. The van der Waals surface area contributed by atoms with Crippen LogP contribution in [0.5, 0.6) is 5.75 Å². The lowest BCUT2D eigenvalue weighted by Crippen LogP contribution is -2.53. The molecule has 1 aromatic heterocycles. The van der Waals surface area contributed by atoms with Crippen molar-refractivity contribution in [1.29, 1.82) is 0 Å². The van der Waals surface area contributed by atoms with Crippen LogP contribution in [0.1, 0.15) is 22.3 Å². The van der Waals surface area contributed by atoms with E-state index in [2.05, 4.69) is 15.6 Å². The van der Waals surface area contributed by atoms with E-state index in [1.165, 1.54) is 4.90 Å². The van der Waals surface area contributed by atoms with Gasteiger partial charge < -0.3 is 15.0 Å². The molecule has 0 unspecified atom stereocenters. The van der Waals surface area contributed by atoms with Crippen LogP contribution in [0.15, 0.2) is 66.9 Å². The van der Waals surface area contributed by atoms with Crippen LogP contribution in [-0.2, 0) is 26.3 Å². The van der Waals surface area contributed by atoms with Crippen LogP contribution in [0.3, 0.4) is 0 Å². The summed E-state index contributed by atoms with van der Waals surface area (Å²) in [6.07, 6.45) is 2.43. The van der Waals surface area contributed by atoms with E-state index in [0.717, 1.165) is 38.8 Å². The molecule has 4 atom stereocenters. The smallest absolute Gasteiger partial charge is 0.250 e. The Kier molecular flexibility index (Phi) is 5.03. The van der Waals surface area contributed by atoms with Crippen molar-refractivity contribution in [3.8, 4) is 5.75 Å². The Labute approximate surface area is 225 Å². The maximum atomic E-state index is 14.2. The van der Waals surface area contributed by atoms with Crippen molar-refractivity contribution >= 4 is 40.0 Å². The molecule has 196 valence electrons. The van der Waals surface area contributed by atoms with E-state index in [1.54, 1.807) is 31.4 Å². The van der Waals surface area contributed by atoms with Crippen LogP contribution in [0.2, 0.25) is 0 Å². The number of hydrogen-bond donors (Lipinski definition) is 3. The topological polar surface area (TPSA) is 104 Å². The molecule has 39 heavy (non-hydrogen) atoms. The fourth-order valence-electron chi connectivity index (χ4n) is 6.82. The van der Waals surface area contributed by atoms with Crippen molar-refractivity contribution in [3.63, 3.8) is 0 Å². The van der Waals surface area contributed by atoms with Gasteiger partial charge in [-0.15, -0.1) is 0 Å². The number of nitrogens with zero attached hydrogens (tertiary/aromatic N) is 1. The van der Waals surface area contributed by atoms with E-state index in [4.69, 9.17) is 4.74 Å². The Balaban J connectivity index is 1.38. The highest BCUT2D eigenvalue weighted by molar-refractivity contribution is 6.26. The number of anilines is 2. The fraction of sp³-hybridized carbons (Fsp3) is 0.258. The second kappa shape index (κ2) is 8.28. The standard InChI is InChI=1S/C31H28N4O4/c1-16-8-13-22-27(17(16)2)33-30(38)31(22)26-25(24(34-31)14-18-15-32-23-7-5-4-6-21(18)23)28(36)35(29(26)37)19-9-11-20(39-3)12-10-19/h4-13,15,24-26,32,34H,14H2,1-3H3,(H,33,38)/t24-,25+,26-,31-/m0/s1. The molecule has 7 rings (SSSR count). The average Bonchev–Trinajstić information content (AvgIpc) is 3.65. The van der Waals surface area contributed by atoms with Gasteiger partial charge in [-0.3, -0.25) is 19.7 Å². The highest BCUT2D eigenvalue weighted by Crippen LogP contribution is 2.54. The summed E-state index contributed by atoms with van der Waals surface area (Å²) in [5.74, 6) is -1.93. The van der Waals surface area contributed by atoms with Crippen molar-refractivity contribution in [2.24, 2.45) is 11.8 Å². The van der Waals surface area contributed by atoms with Gasteiger partial charge in [0.15, 0.2) is 0 Å². The Hall–Kier alpha value is -4.43. The van der Waals surface area contributed by atoms with E-state index in [0.29, 0.717) is 17.9 Å². The zero-order valence-electron chi connectivity index (χ0n) is 21.9. The van der Waals surface area contributed by atoms with E-state index in [9.17, 15) is 14.4 Å². The van der Waals surface area contributed by atoms with Crippen molar-refractivity contribution in [2.75, 3.05) is 17.3 Å². The number of rotatable bonds is 4. The van der Waals surface area contributed by atoms with Gasteiger partial charge in [0, 0.05) is 34.4 Å². The zero-order chi connectivity index (χ0) is 27.1. The Bertz CT molecular complexity index is 1690. The SMILES string of the molecule is COc1ccc(N2C(=O)[C@@H]3[C@H](Cc4c[nH]c5ccccc45)N[C@]4(C(=O)Nc5c4ccc(C)c5C)[C@@H]3C2=O)cc1. The number of hydrogen-bond acceptors (Lipinski definition) is 5. The molecule has 3 aliphatic heterocycles. The lowest BCUT2D eigenvalue weighted by atomic mass is 9.75. The molecule has 0 bridgehead atoms. The summed E-state index contributed by atoms with van der Waals surface area (Å²) in [5, 5.41) is 7.68. The third-order valence-corrected chi connectivity index (χ3v) is 8.87. The average molecular weight is 521 g/mol. The molecule has 3 N–H and O–H groups in total. The van der Waals surface area contributed by atoms with Gasteiger partial charge in [-0.25, -0.2) is 4.90 Å². The lowest BCUT2D eigenvalue weighted by Gasteiger charge is -2.29. The summed E-state index contributed by atoms with van der Waals surface area (Å²) in [6.45, 7) is 3.96. The number of carbonyl (C=O) groups excluding carboxylic acids is 3. The summed E-state index contributed by atoms with van der Waals surface area (Å²) in [5.41, 5.74) is 4.61. The molecule has 3 aliphatic rings. The third-order valence-electron chi connectivity index (χ3n) is 8.87. The first kappa shape index (κ1) is 23.7. The van der Waals surface area contributed by atoms with Crippen LogP contribution in [-0.4, -0.2) is 35.9 Å². The number of ether oxygens (including phenoxy) is 1. The van der Waals surface area contributed by atoms with Gasteiger partial charge in [0.2, 0.25) is 17.7 Å². The maximum absolute atomic E-state index is 14.2. The number of H-pyrrole nitrogens is 1. The Morgan fingerprint density at radius 3 is 2.49 bits per heavy atom. The third kappa shape index (κ3) is 3.12. The number of aromatic amines is 1. The second-order valence-corrected chi connectivity index (χ2v) is 10.7. The number of para-hydroxylation sites is 1. The molecular formula is C31H28N4O4. The van der Waals surface area contributed by atoms with Crippen LogP contribution in [0, 0.1) is 25.7 Å². The van der Waals surface area contributed by atoms with E-state index in [1.807, 2.05) is 56.4 Å². The van der Waals surface area contributed by atoms with Crippen molar-refractivity contribution in [3.05, 3.63) is 89.1 Å². The van der Waals surface area contributed by atoms with Gasteiger partial charge in [-0.05, 0) is 67.3 Å². The van der Waals surface area contributed by atoms with Gasteiger partial charge in [0.25, 0.3) is 0 Å². The molecule has 4 heterocycles. The molecule has 2 saturated heterocycles. The molecule has 0 saturated carbocycles. The lowest BCUT2D eigenvalue weighted by molar-refractivity contribution is -0.130. The first-order valence-corrected chi connectivity index (χ1v) is 13.1. The van der Waals surface area contributed by atoms with E-state index >= 15 is 0 Å². The minimum Gasteiger partial charge on any atom is -0.497 e. The number of benzene rings is 3. The fourth-order valence-corrected chi connectivity index (χ4v) is 6.82.